The number of rotatable bonds is 5. The van der Waals surface area contributed by atoms with Crippen LogP contribution in [-0.2, 0) is 0 Å². The molecule has 0 aromatic heterocycles. The Hall–Kier alpha value is -0.630. The molecule has 2 unspecified atom stereocenters. The van der Waals surface area contributed by atoms with Crippen molar-refractivity contribution >= 4 is 0 Å². The zero-order valence-corrected chi connectivity index (χ0v) is 10.7. The number of likely N-dealkylation sites (N-methyl/N-ethyl adjacent to an activating group) is 1. The summed E-state index contributed by atoms with van der Waals surface area (Å²) >= 11 is 0. The molecule has 1 saturated heterocycles. The third-order valence-corrected chi connectivity index (χ3v) is 3.18. The molecule has 1 N–H and O–H groups in total. The Morgan fingerprint density at radius 3 is 2.81 bits per heavy atom. The number of nitrogens with one attached hydrogen (secondary N) is 1. The lowest BCUT2D eigenvalue weighted by atomic mass is 10.1. The highest BCUT2D eigenvalue weighted by atomic mass is 15.3. The Labute approximate surface area is 99.2 Å². The van der Waals surface area contributed by atoms with Gasteiger partial charge in [0.15, 0.2) is 0 Å². The number of hydrogen-bond acceptors (Lipinski definition) is 4. The van der Waals surface area contributed by atoms with E-state index in [2.05, 4.69) is 42.1 Å². The van der Waals surface area contributed by atoms with E-state index in [9.17, 15) is 0 Å². The third-order valence-electron chi connectivity index (χ3n) is 3.18. The van der Waals surface area contributed by atoms with E-state index < -0.39 is 0 Å². The van der Waals surface area contributed by atoms with Crippen molar-refractivity contribution in [1.29, 1.82) is 5.26 Å². The molecule has 92 valence electrons. The van der Waals surface area contributed by atoms with E-state index in [0.29, 0.717) is 6.04 Å². The lowest BCUT2D eigenvalue weighted by molar-refractivity contribution is 0.0956. The highest BCUT2D eigenvalue weighted by molar-refractivity contribution is 4.94. The molecule has 1 fully saturated rings. The van der Waals surface area contributed by atoms with Crippen LogP contribution in [0.4, 0.5) is 0 Å². The van der Waals surface area contributed by atoms with Crippen LogP contribution in [0.25, 0.3) is 0 Å². The van der Waals surface area contributed by atoms with Crippen molar-refractivity contribution in [2.45, 2.75) is 32.4 Å². The van der Waals surface area contributed by atoms with Crippen LogP contribution in [0.1, 0.15) is 20.3 Å². The number of piperazine rings is 1. The molecular formula is C12H24N4. The average Bonchev–Trinajstić information content (AvgIpc) is 2.27. The Morgan fingerprint density at radius 1 is 1.50 bits per heavy atom. The topological polar surface area (TPSA) is 42.3 Å². The van der Waals surface area contributed by atoms with Gasteiger partial charge in [-0.1, -0.05) is 6.92 Å². The molecule has 1 aliphatic heterocycles. The van der Waals surface area contributed by atoms with Gasteiger partial charge in [0, 0.05) is 32.2 Å². The molecule has 2 atom stereocenters. The van der Waals surface area contributed by atoms with Gasteiger partial charge in [-0.05, 0) is 26.9 Å². The highest BCUT2D eigenvalue weighted by Crippen LogP contribution is 2.08. The Bertz CT molecular complexity index is 236. The van der Waals surface area contributed by atoms with Crippen LogP contribution in [0, 0.1) is 11.3 Å². The molecule has 0 spiro atoms. The summed E-state index contributed by atoms with van der Waals surface area (Å²) in [5, 5.41) is 12.4. The molecule has 1 rings (SSSR count). The summed E-state index contributed by atoms with van der Waals surface area (Å²) in [6, 6.07) is 2.88. The summed E-state index contributed by atoms with van der Waals surface area (Å²) in [4.78, 5) is 4.76. The van der Waals surface area contributed by atoms with Crippen molar-refractivity contribution in [3.05, 3.63) is 0 Å². The van der Waals surface area contributed by atoms with Crippen molar-refractivity contribution in [1.82, 2.24) is 15.1 Å². The lowest BCUT2D eigenvalue weighted by Crippen LogP contribution is -2.54. The predicted octanol–water partition coefficient (Wildman–Crippen LogP) is 0.514. The van der Waals surface area contributed by atoms with Gasteiger partial charge < -0.3 is 10.2 Å². The Kier molecular flexibility index (Phi) is 5.75. The van der Waals surface area contributed by atoms with Crippen molar-refractivity contribution in [3.8, 4) is 6.07 Å². The van der Waals surface area contributed by atoms with Gasteiger partial charge >= 0.3 is 0 Å². The first-order chi connectivity index (χ1) is 7.67. The number of hydrogen-bond donors (Lipinski definition) is 1. The van der Waals surface area contributed by atoms with Gasteiger partial charge in [0.1, 0.15) is 6.04 Å². The molecule has 0 radical (unpaired) electrons. The van der Waals surface area contributed by atoms with Crippen LogP contribution in [0.2, 0.25) is 0 Å². The second-order valence-corrected chi connectivity index (χ2v) is 4.74. The fraction of sp³-hybridized carbons (Fsp3) is 0.917. The normalized spacial score (nSPS) is 25.2. The molecule has 4 heteroatoms. The van der Waals surface area contributed by atoms with E-state index in [1.807, 2.05) is 0 Å². The molecule has 0 bridgehead atoms. The first kappa shape index (κ1) is 13.4. The van der Waals surface area contributed by atoms with E-state index in [0.717, 1.165) is 39.1 Å². The van der Waals surface area contributed by atoms with E-state index in [1.165, 1.54) is 0 Å². The minimum atomic E-state index is -0.0224. The van der Waals surface area contributed by atoms with E-state index in [-0.39, 0.29) is 6.04 Å². The van der Waals surface area contributed by atoms with Crippen LogP contribution in [0.3, 0.4) is 0 Å². The fourth-order valence-electron chi connectivity index (χ4n) is 2.15. The standard InChI is InChI=1S/C12H24N4/c1-4-5-14-12(8-13)10-16-7-6-15(3)9-11(16)2/h11-12,14H,4-7,9-10H2,1-3H3. The summed E-state index contributed by atoms with van der Waals surface area (Å²) in [6.45, 7) is 9.43. The molecule has 0 aromatic rings. The van der Waals surface area contributed by atoms with Gasteiger partial charge in [0.05, 0.1) is 6.07 Å². The predicted molar refractivity (Wildman–Crippen MR) is 66.2 cm³/mol. The Balaban J connectivity index is 2.37. The minimum Gasteiger partial charge on any atom is -0.304 e. The Morgan fingerprint density at radius 2 is 2.25 bits per heavy atom. The quantitative estimate of drug-likeness (QED) is 0.739. The second-order valence-electron chi connectivity index (χ2n) is 4.74. The summed E-state index contributed by atoms with van der Waals surface area (Å²) in [5.74, 6) is 0. The minimum absolute atomic E-state index is 0.0224. The molecule has 1 heterocycles. The molecular weight excluding hydrogens is 200 g/mol. The molecule has 16 heavy (non-hydrogen) atoms. The maximum Gasteiger partial charge on any atom is 0.108 e. The molecule has 0 aliphatic carbocycles. The monoisotopic (exact) mass is 224 g/mol. The number of nitrogens with zero attached hydrogens (tertiary/aromatic N) is 3. The first-order valence-corrected chi connectivity index (χ1v) is 6.23. The van der Waals surface area contributed by atoms with Crippen molar-refractivity contribution in [3.63, 3.8) is 0 Å². The zero-order chi connectivity index (χ0) is 12.0. The van der Waals surface area contributed by atoms with Gasteiger partial charge in [-0.2, -0.15) is 5.26 Å². The highest BCUT2D eigenvalue weighted by Gasteiger charge is 2.23. The van der Waals surface area contributed by atoms with Crippen LogP contribution in [0.5, 0.6) is 0 Å². The third kappa shape index (κ3) is 4.09. The summed E-state index contributed by atoms with van der Waals surface area (Å²) in [5.41, 5.74) is 0. The molecule has 0 aromatic carbocycles. The molecule has 0 saturated carbocycles. The van der Waals surface area contributed by atoms with Gasteiger partial charge in [-0.25, -0.2) is 0 Å². The van der Waals surface area contributed by atoms with E-state index in [4.69, 9.17) is 5.26 Å². The summed E-state index contributed by atoms with van der Waals surface area (Å²) in [6.07, 6.45) is 1.08. The van der Waals surface area contributed by atoms with E-state index in [1.54, 1.807) is 0 Å². The largest absolute Gasteiger partial charge is 0.304 e. The van der Waals surface area contributed by atoms with Crippen LogP contribution >= 0.6 is 0 Å². The van der Waals surface area contributed by atoms with Crippen molar-refractivity contribution in [2.75, 3.05) is 39.8 Å². The van der Waals surface area contributed by atoms with Crippen molar-refractivity contribution in [2.24, 2.45) is 0 Å². The smallest absolute Gasteiger partial charge is 0.108 e. The molecule has 0 amide bonds. The molecule has 1 aliphatic rings. The lowest BCUT2D eigenvalue weighted by Gasteiger charge is -2.39. The van der Waals surface area contributed by atoms with Crippen LogP contribution in [0.15, 0.2) is 0 Å². The summed E-state index contributed by atoms with van der Waals surface area (Å²) in [7, 11) is 2.16. The van der Waals surface area contributed by atoms with Crippen LogP contribution < -0.4 is 5.32 Å². The average molecular weight is 224 g/mol. The van der Waals surface area contributed by atoms with Crippen LogP contribution in [-0.4, -0.2) is 61.7 Å². The second kappa shape index (κ2) is 6.85. The first-order valence-electron chi connectivity index (χ1n) is 6.23. The number of nitriles is 1. The van der Waals surface area contributed by atoms with Crippen molar-refractivity contribution < 1.29 is 0 Å². The van der Waals surface area contributed by atoms with Gasteiger partial charge in [-0.15, -0.1) is 0 Å². The molecule has 4 nitrogen and oxygen atoms in total. The van der Waals surface area contributed by atoms with Gasteiger partial charge in [-0.3, -0.25) is 4.90 Å². The summed E-state index contributed by atoms with van der Waals surface area (Å²) < 4.78 is 0. The van der Waals surface area contributed by atoms with Gasteiger partial charge in [0.25, 0.3) is 0 Å². The zero-order valence-electron chi connectivity index (χ0n) is 10.7. The maximum absolute atomic E-state index is 9.07. The van der Waals surface area contributed by atoms with Gasteiger partial charge in [0.2, 0.25) is 0 Å². The maximum atomic E-state index is 9.07. The fourth-order valence-corrected chi connectivity index (χ4v) is 2.15. The SMILES string of the molecule is CCCNC(C#N)CN1CCN(C)CC1C. The van der Waals surface area contributed by atoms with E-state index >= 15 is 0 Å².